The van der Waals surface area contributed by atoms with Crippen LogP contribution in [0, 0.1) is 0 Å². The predicted molar refractivity (Wildman–Crippen MR) is 100 cm³/mol. The van der Waals surface area contributed by atoms with E-state index in [0.29, 0.717) is 17.4 Å². The number of aromatic amines is 1. The lowest BCUT2D eigenvalue weighted by Crippen LogP contribution is -2.24. The summed E-state index contributed by atoms with van der Waals surface area (Å²) in [6, 6.07) is 12.7. The lowest BCUT2D eigenvalue weighted by Gasteiger charge is -2.13. The Morgan fingerprint density at radius 1 is 1.17 bits per heavy atom. The van der Waals surface area contributed by atoms with E-state index in [4.69, 9.17) is 10.5 Å². The summed E-state index contributed by atoms with van der Waals surface area (Å²) >= 11 is 0. The fourth-order valence-corrected chi connectivity index (χ4v) is 2.36. The van der Waals surface area contributed by atoms with Crippen molar-refractivity contribution in [1.82, 2.24) is 15.2 Å². The number of guanidine groups is 1. The van der Waals surface area contributed by atoms with Gasteiger partial charge in [0, 0.05) is 5.56 Å². The van der Waals surface area contributed by atoms with Gasteiger partial charge < -0.3 is 20.5 Å². The number of hydrogen-bond acceptors (Lipinski definition) is 5. The molecule has 0 bridgehead atoms. The molecule has 0 spiro atoms. The lowest BCUT2D eigenvalue weighted by atomic mass is 10.2. The SMILES string of the molecule is COc1ccc(-c2n[nH]c(CN=C(N)Nc3ccccc3OC(F)(F)F)n2)cc1. The Bertz CT molecular complexity index is 986. The number of anilines is 1. The van der Waals surface area contributed by atoms with Gasteiger partial charge >= 0.3 is 6.36 Å². The zero-order valence-electron chi connectivity index (χ0n) is 15.2. The molecule has 3 aromatic rings. The van der Waals surface area contributed by atoms with Crippen LogP contribution in [0.15, 0.2) is 53.5 Å². The van der Waals surface area contributed by atoms with Crippen LogP contribution in [-0.4, -0.2) is 34.6 Å². The molecule has 29 heavy (non-hydrogen) atoms. The van der Waals surface area contributed by atoms with Gasteiger partial charge in [-0.25, -0.2) is 9.98 Å². The largest absolute Gasteiger partial charge is 0.573 e. The molecule has 0 fully saturated rings. The van der Waals surface area contributed by atoms with Crippen LogP contribution in [0.25, 0.3) is 11.4 Å². The number of rotatable bonds is 6. The minimum absolute atomic E-state index is 0.0302. The number of nitrogens with two attached hydrogens (primary N) is 1. The van der Waals surface area contributed by atoms with E-state index in [1.165, 1.54) is 24.3 Å². The van der Waals surface area contributed by atoms with Gasteiger partial charge in [-0.1, -0.05) is 12.1 Å². The van der Waals surface area contributed by atoms with Crippen molar-refractivity contribution < 1.29 is 22.6 Å². The molecular formula is C18H17F3N6O2. The Morgan fingerprint density at radius 2 is 1.90 bits per heavy atom. The minimum atomic E-state index is -4.82. The highest BCUT2D eigenvalue weighted by atomic mass is 19.4. The summed E-state index contributed by atoms with van der Waals surface area (Å²) in [7, 11) is 1.57. The Hall–Kier alpha value is -3.76. The van der Waals surface area contributed by atoms with Crippen LogP contribution >= 0.6 is 0 Å². The highest BCUT2D eigenvalue weighted by Gasteiger charge is 2.32. The molecule has 152 valence electrons. The number of alkyl halides is 3. The molecule has 0 saturated heterocycles. The highest BCUT2D eigenvalue weighted by molar-refractivity contribution is 5.93. The minimum Gasteiger partial charge on any atom is -0.497 e. The van der Waals surface area contributed by atoms with Gasteiger partial charge in [0.1, 0.15) is 18.1 Å². The van der Waals surface area contributed by atoms with E-state index in [-0.39, 0.29) is 18.2 Å². The van der Waals surface area contributed by atoms with Crippen molar-refractivity contribution in [2.24, 2.45) is 10.7 Å². The van der Waals surface area contributed by atoms with Crippen LogP contribution in [0.4, 0.5) is 18.9 Å². The van der Waals surface area contributed by atoms with Crippen LogP contribution in [0.2, 0.25) is 0 Å². The molecule has 0 aliphatic rings. The van der Waals surface area contributed by atoms with Crippen molar-refractivity contribution in [2.75, 3.05) is 12.4 Å². The average molecular weight is 406 g/mol. The van der Waals surface area contributed by atoms with Gasteiger partial charge in [-0.05, 0) is 36.4 Å². The molecule has 0 atom stereocenters. The summed E-state index contributed by atoms with van der Waals surface area (Å²) in [4.78, 5) is 8.36. The maximum absolute atomic E-state index is 12.5. The average Bonchev–Trinajstić information content (AvgIpc) is 3.16. The second kappa shape index (κ2) is 8.50. The number of nitrogens with one attached hydrogen (secondary N) is 2. The van der Waals surface area contributed by atoms with E-state index < -0.39 is 12.1 Å². The van der Waals surface area contributed by atoms with Gasteiger partial charge in [-0.2, -0.15) is 5.10 Å². The van der Waals surface area contributed by atoms with E-state index in [1.807, 2.05) is 12.1 Å². The fraction of sp³-hybridized carbons (Fsp3) is 0.167. The van der Waals surface area contributed by atoms with E-state index >= 15 is 0 Å². The topological polar surface area (TPSA) is 110 Å². The van der Waals surface area contributed by atoms with E-state index in [2.05, 4.69) is 30.2 Å². The number of halogens is 3. The maximum atomic E-state index is 12.5. The van der Waals surface area contributed by atoms with Crippen LogP contribution in [0.1, 0.15) is 5.82 Å². The smallest absolute Gasteiger partial charge is 0.497 e. The number of H-pyrrole nitrogens is 1. The quantitative estimate of drug-likeness (QED) is 0.428. The summed E-state index contributed by atoms with van der Waals surface area (Å²) in [5.74, 6) is 1.08. The molecular weight excluding hydrogens is 389 g/mol. The molecule has 3 rings (SSSR count). The molecule has 0 aliphatic carbocycles. The first-order valence-electron chi connectivity index (χ1n) is 8.31. The zero-order chi connectivity index (χ0) is 20.9. The Labute approximate surface area is 163 Å². The number of nitrogens with zero attached hydrogens (tertiary/aromatic N) is 3. The zero-order valence-corrected chi connectivity index (χ0v) is 15.2. The van der Waals surface area contributed by atoms with Gasteiger partial charge in [-0.15, -0.1) is 13.2 Å². The molecule has 0 saturated carbocycles. The number of aliphatic imine (C=N–C) groups is 1. The molecule has 1 heterocycles. The third-order valence-electron chi connectivity index (χ3n) is 3.65. The molecule has 0 unspecified atom stereocenters. The van der Waals surface area contributed by atoms with E-state index in [0.717, 1.165) is 5.56 Å². The van der Waals surface area contributed by atoms with Crippen molar-refractivity contribution >= 4 is 11.6 Å². The maximum Gasteiger partial charge on any atom is 0.573 e. The van der Waals surface area contributed by atoms with Crippen molar-refractivity contribution in [3.8, 4) is 22.9 Å². The molecule has 0 amide bonds. The normalized spacial score (nSPS) is 11.9. The third kappa shape index (κ3) is 5.61. The van der Waals surface area contributed by atoms with Crippen LogP contribution in [-0.2, 0) is 6.54 Å². The third-order valence-corrected chi connectivity index (χ3v) is 3.65. The second-order valence-electron chi connectivity index (χ2n) is 5.70. The summed E-state index contributed by atoms with van der Waals surface area (Å²) in [5.41, 5.74) is 6.57. The van der Waals surface area contributed by atoms with E-state index in [9.17, 15) is 13.2 Å². The van der Waals surface area contributed by atoms with Gasteiger partial charge in [-0.3, -0.25) is 5.10 Å². The summed E-state index contributed by atoms with van der Waals surface area (Å²) < 4.78 is 46.5. The predicted octanol–water partition coefficient (Wildman–Crippen LogP) is 3.31. The van der Waals surface area contributed by atoms with E-state index in [1.54, 1.807) is 19.2 Å². The Kier molecular flexibility index (Phi) is 5.86. The van der Waals surface area contributed by atoms with Gasteiger partial charge in [0.2, 0.25) is 0 Å². The molecule has 0 radical (unpaired) electrons. The standard InChI is InChI=1S/C18H17F3N6O2/c1-28-12-8-6-11(7-9-12)16-25-15(26-27-16)10-23-17(22)24-13-4-2-3-5-14(13)29-18(19,20)21/h2-9H,10H2,1H3,(H3,22,23,24)(H,25,26,27). The van der Waals surface area contributed by atoms with Crippen molar-refractivity contribution in [3.63, 3.8) is 0 Å². The number of benzene rings is 2. The van der Waals surface area contributed by atoms with Crippen LogP contribution in [0.5, 0.6) is 11.5 Å². The second-order valence-corrected chi connectivity index (χ2v) is 5.70. The first kappa shape index (κ1) is 20.0. The first-order valence-corrected chi connectivity index (χ1v) is 8.31. The number of methoxy groups -OCH3 is 1. The monoisotopic (exact) mass is 406 g/mol. The number of aromatic nitrogens is 3. The van der Waals surface area contributed by atoms with Crippen molar-refractivity contribution in [3.05, 3.63) is 54.4 Å². The van der Waals surface area contributed by atoms with Crippen LogP contribution in [0.3, 0.4) is 0 Å². The summed E-state index contributed by atoms with van der Waals surface area (Å²) in [5, 5.41) is 9.43. The molecule has 4 N–H and O–H groups in total. The molecule has 8 nitrogen and oxygen atoms in total. The van der Waals surface area contributed by atoms with Crippen molar-refractivity contribution in [1.29, 1.82) is 0 Å². The van der Waals surface area contributed by atoms with Crippen LogP contribution < -0.4 is 20.5 Å². The van der Waals surface area contributed by atoms with Gasteiger partial charge in [0.05, 0.1) is 12.8 Å². The Morgan fingerprint density at radius 3 is 2.59 bits per heavy atom. The number of ether oxygens (including phenoxy) is 2. The summed E-state index contributed by atoms with van der Waals surface area (Å²) in [6.45, 7) is 0.0459. The molecule has 11 heteroatoms. The lowest BCUT2D eigenvalue weighted by molar-refractivity contribution is -0.274. The molecule has 1 aromatic heterocycles. The highest BCUT2D eigenvalue weighted by Crippen LogP contribution is 2.29. The van der Waals surface area contributed by atoms with Gasteiger partial charge in [0.25, 0.3) is 0 Å². The molecule has 2 aromatic carbocycles. The number of para-hydroxylation sites is 2. The fourth-order valence-electron chi connectivity index (χ4n) is 2.36. The van der Waals surface area contributed by atoms with Gasteiger partial charge in [0.15, 0.2) is 17.5 Å². The number of hydrogen-bond donors (Lipinski definition) is 3. The van der Waals surface area contributed by atoms with Crippen molar-refractivity contribution in [2.45, 2.75) is 12.9 Å². The Balaban J connectivity index is 1.66. The summed E-state index contributed by atoms with van der Waals surface area (Å²) in [6.07, 6.45) is -4.82. The molecule has 0 aliphatic heterocycles. The first-order chi connectivity index (χ1) is 13.8.